The minimum Gasteiger partial charge on any atom is -0.382 e. The summed E-state index contributed by atoms with van der Waals surface area (Å²) in [6.45, 7) is 3.75. The van der Waals surface area contributed by atoms with Crippen LogP contribution in [0.3, 0.4) is 0 Å². The Kier molecular flexibility index (Phi) is 4.80. The number of carbonyl (C=O) groups is 1. The molecule has 0 saturated carbocycles. The maximum Gasteiger partial charge on any atom is 0.225 e. The van der Waals surface area contributed by atoms with Crippen molar-refractivity contribution in [3.05, 3.63) is 35.8 Å². The lowest BCUT2D eigenvalue weighted by Crippen LogP contribution is -2.15. The van der Waals surface area contributed by atoms with Crippen molar-refractivity contribution in [1.29, 1.82) is 0 Å². The van der Waals surface area contributed by atoms with Crippen LogP contribution in [0.2, 0.25) is 0 Å². The van der Waals surface area contributed by atoms with E-state index in [-0.39, 0.29) is 17.8 Å². The summed E-state index contributed by atoms with van der Waals surface area (Å²) < 4.78 is 19.9. The molecule has 8 heteroatoms. The third kappa shape index (κ3) is 3.53. The van der Waals surface area contributed by atoms with E-state index in [2.05, 4.69) is 20.6 Å². The van der Waals surface area contributed by atoms with Crippen LogP contribution in [0.5, 0.6) is 0 Å². The smallest absolute Gasteiger partial charge is 0.225 e. The number of aromatic nitrogens is 4. The van der Waals surface area contributed by atoms with Crippen LogP contribution in [0.4, 0.5) is 10.2 Å². The molecule has 0 saturated heterocycles. The first-order chi connectivity index (χ1) is 12.0. The van der Waals surface area contributed by atoms with E-state index in [1.807, 2.05) is 13.8 Å². The molecule has 0 aliphatic carbocycles. The molecule has 2 N–H and O–H groups in total. The van der Waals surface area contributed by atoms with Crippen LogP contribution in [0, 0.1) is 12.7 Å². The van der Waals surface area contributed by atoms with Crippen LogP contribution in [-0.2, 0) is 9.53 Å². The first-order valence-electron chi connectivity index (χ1n) is 8.02. The van der Waals surface area contributed by atoms with Crippen LogP contribution in [0.25, 0.3) is 16.7 Å². The molecule has 1 unspecified atom stereocenters. The fraction of sp³-hybridized carbons (Fsp3) is 0.353. The Hall–Kier alpha value is -2.74. The van der Waals surface area contributed by atoms with Gasteiger partial charge in [-0.05, 0) is 44.5 Å². The van der Waals surface area contributed by atoms with E-state index < -0.39 is 0 Å². The summed E-state index contributed by atoms with van der Waals surface area (Å²) in [5.41, 5.74) is 1.98. The van der Waals surface area contributed by atoms with Gasteiger partial charge in [0, 0.05) is 13.5 Å². The van der Waals surface area contributed by atoms with Gasteiger partial charge in [0.15, 0.2) is 5.65 Å². The molecule has 25 heavy (non-hydrogen) atoms. The number of halogens is 1. The number of fused-ring (bicyclic) bond motifs is 1. The number of amides is 1. The second kappa shape index (κ2) is 7.02. The molecule has 0 spiro atoms. The fourth-order valence-electron chi connectivity index (χ4n) is 2.58. The van der Waals surface area contributed by atoms with Gasteiger partial charge in [0.1, 0.15) is 11.6 Å². The zero-order valence-corrected chi connectivity index (χ0v) is 14.3. The third-order valence-electron chi connectivity index (χ3n) is 4.08. The molecular weight excluding hydrogens is 325 g/mol. The predicted molar refractivity (Wildman–Crippen MR) is 92.2 cm³/mol. The van der Waals surface area contributed by atoms with Crippen molar-refractivity contribution >= 4 is 22.8 Å². The molecule has 0 bridgehead atoms. The molecular formula is C17H20FN5O2. The number of anilines is 1. The van der Waals surface area contributed by atoms with E-state index in [0.29, 0.717) is 35.7 Å². The van der Waals surface area contributed by atoms with Crippen molar-refractivity contribution in [3.63, 3.8) is 0 Å². The van der Waals surface area contributed by atoms with Crippen LogP contribution in [0.1, 0.15) is 25.5 Å². The molecule has 7 nitrogen and oxygen atoms in total. The van der Waals surface area contributed by atoms with Crippen molar-refractivity contribution in [2.24, 2.45) is 0 Å². The van der Waals surface area contributed by atoms with Crippen molar-refractivity contribution < 1.29 is 13.9 Å². The molecule has 0 aliphatic rings. The number of H-pyrrole nitrogens is 1. The van der Waals surface area contributed by atoms with E-state index in [9.17, 15) is 9.18 Å². The van der Waals surface area contributed by atoms with Gasteiger partial charge in [0.05, 0.1) is 22.9 Å². The molecule has 1 aromatic carbocycles. The van der Waals surface area contributed by atoms with E-state index in [0.717, 1.165) is 5.39 Å². The summed E-state index contributed by atoms with van der Waals surface area (Å²) in [5, 5.41) is 15.1. The highest BCUT2D eigenvalue weighted by molar-refractivity contribution is 6.00. The number of methoxy groups -OCH3 is 1. The van der Waals surface area contributed by atoms with Crippen molar-refractivity contribution in [3.8, 4) is 5.69 Å². The van der Waals surface area contributed by atoms with Gasteiger partial charge >= 0.3 is 0 Å². The Bertz CT molecular complexity index is 884. The van der Waals surface area contributed by atoms with E-state index >= 15 is 0 Å². The number of aryl methyl sites for hydroxylation is 1. The molecule has 1 amide bonds. The topological polar surface area (TPSA) is 84.8 Å². The lowest BCUT2D eigenvalue weighted by molar-refractivity contribution is -0.116. The van der Waals surface area contributed by atoms with E-state index in [1.165, 1.54) is 12.1 Å². The van der Waals surface area contributed by atoms with Crippen molar-refractivity contribution in [2.45, 2.75) is 32.8 Å². The Morgan fingerprint density at radius 1 is 1.40 bits per heavy atom. The molecule has 132 valence electrons. The van der Waals surface area contributed by atoms with E-state index in [4.69, 9.17) is 4.74 Å². The average Bonchev–Trinajstić information content (AvgIpc) is 3.15. The van der Waals surface area contributed by atoms with Gasteiger partial charge in [-0.25, -0.2) is 9.07 Å². The second-order valence-electron chi connectivity index (χ2n) is 5.90. The highest BCUT2D eigenvalue weighted by Crippen LogP contribution is 2.26. The number of nitrogens with one attached hydrogen (secondary N) is 2. The molecule has 0 radical (unpaired) electrons. The summed E-state index contributed by atoms with van der Waals surface area (Å²) in [6.07, 6.45) is 1.00. The van der Waals surface area contributed by atoms with Gasteiger partial charge < -0.3 is 10.1 Å². The lowest BCUT2D eigenvalue weighted by Gasteiger charge is -2.08. The summed E-state index contributed by atoms with van der Waals surface area (Å²) in [7, 11) is 1.62. The third-order valence-corrected chi connectivity index (χ3v) is 4.08. The number of benzene rings is 1. The van der Waals surface area contributed by atoms with E-state index in [1.54, 1.807) is 23.9 Å². The van der Waals surface area contributed by atoms with Gasteiger partial charge in [0.2, 0.25) is 5.91 Å². The number of carbonyl (C=O) groups excluding carboxylic acids is 1. The molecule has 1 atom stereocenters. The van der Waals surface area contributed by atoms with Gasteiger partial charge in [-0.15, -0.1) is 0 Å². The highest BCUT2D eigenvalue weighted by atomic mass is 19.1. The molecule has 2 heterocycles. The number of nitrogens with zero attached hydrogens (tertiary/aromatic N) is 3. The Labute approximate surface area is 144 Å². The fourth-order valence-corrected chi connectivity index (χ4v) is 2.58. The minimum atomic E-state index is -0.316. The first-order valence-corrected chi connectivity index (χ1v) is 8.02. The van der Waals surface area contributed by atoms with Crippen LogP contribution < -0.4 is 5.32 Å². The number of aromatic amines is 1. The highest BCUT2D eigenvalue weighted by Gasteiger charge is 2.18. The zero-order valence-electron chi connectivity index (χ0n) is 14.3. The standard InChI is InChI=1S/C17H20FN5O2/c1-10(25-3)4-9-14(24)19-16-15-11(2)22-23(17(15)21-20-16)13-7-5-12(18)6-8-13/h5-8,10H,4,9H2,1-3H3,(H2,19,20,21,24). The Balaban J connectivity index is 1.84. The second-order valence-corrected chi connectivity index (χ2v) is 5.90. The number of ether oxygens (including phenoxy) is 1. The zero-order chi connectivity index (χ0) is 18.0. The summed E-state index contributed by atoms with van der Waals surface area (Å²) in [4.78, 5) is 12.1. The molecule has 0 aliphatic heterocycles. The number of rotatable bonds is 6. The summed E-state index contributed by atoms with van der Waals surface area (Å²) in [5.74, 6) is 0.0726. The molecule has 3 aromatic rings. The molecule has 3 rings (SSSR count). The molecule has 2 aromatic heterocycles. The SMILES string of the molecule is COC(C)CCC(=O)Nc1[nH]nc2c1c(C)nn2-c1ccc(F)cc1. The van der Waals surface area contributed by atoms with Gasteiger partial charge in [0.25, 0.3) is 0 Å². The molecule has 0 fully saturated rings. The van der Waals surface area contributed by atoms with Gasteiger partial charge in [-0.1, -0.05) is 0 Å². The predicted octanol–water partition coefficient (Wildman–Crippen LogP) is 2.95. The Morgan fingerprint density at radius 3 is 2.80 bits per heavy atom. The van der Waals surface area contributed by atoms with Crippen LogP contribution in [0.15, 0.2) is 24.3 Å². The minimum absolute atomic E-state index is 0.0236. The summed E-state index contributed by atoms with van der Waals surface area (Å²) in [6, 6.07) is 5.98. The monoisotopic (exact) mass is 345 g/mol. The number of hydrogen-bond donors (Lipinski definition) is 2. The summed E-state index contributed by atoms with van der Waals surface area (Å²) >= 11 is 0. The van der Waals surface area contributed by atoms with Crippen molar-refractivity contribution in [2.75, 3.05) is 12.4 Å². The van der Waals surface area contributed by atoms with Crippen LogP contribution >= 0.6 is 0 Å². The van der Waals surface area contributed by atoms with Crippen molar-refractivity contribution in [1.82, 2.24) is 20.0 Å². The first kappa shape index (κ1) is 17.1. The Morgan fingerprint density at radius 2 is 2.12 bits per heavy atom. The number of hydrogen-bond acceptors (Lipinski definition) is 4. The normalized spacial score (nSPS) is 12.5. The van der Waals surface area contributed by atoms with Gasteiger partial charge in [-0.2, -0.15) is 10.2 Å². The largest absolute Gasteiger partial charge is 0.382 e. The lowest BCUT2D eigenvalue weighted by atomic mass is 10.2. The maximum atomic E-state index is 13.1. The maximum absolute atomic E-state index is 13.1. The van der Waals surface area contributed by atoms with Gasteiger partial charge in [-0.3, -0.25) is 9.89 Å². The average molecular weight is 345 g/mol. The quantitative estimate of drug-likeness (QED) is 0.719. The van der Waals surface area contributed by atoms with Crippen LogP contribution in [-0.4, -0.2) is 39.1 Å².